The standard InChI is InChI=1S/C14H11Cl2NO/c1-18-13-4-2-3-12(8-13)17-9-10-5-6-11(15)7-14(10)16/h2-9H,1H3. The number of ether oxygens (including phenoxy) is 1. The van der Waals surface area contributed by atoms with Gasteiger partial charge in [0.05, 0.1) is 17.8 Å². The lowest BCUT2D eigenvalue weighted by Crippen LogP contribution is -1.83. The first-order chi connectivity index (χ1) is 8.69. The molecule has 18 heavy (non-hydrogen) atoms. The molecule has 2 aromatic carbocycles. The molecule has 2 aromatic rings. The Morgan fingerprint density at radius 1 is 1.11 bits per heavy atom. The van der Waals surface area contributed by atoms with E-state index in [9.17, 15) is 0 Å². The first-order valence-corrected chi connectivity index (χ1v) is 6.08. The summed E-state index contributed by atoms with van der Waals surface area (Å²) in [5, 5.41) is 1.19. The lowest BCUT2D eigenvalue weighted by molar-refractivity contribution is 0.415. The van der Waals surface area contributed by atoms with Crippen molar-refractivity contribution in [2.24, 2.45) is 4.99 Å². The van der Waals surface area contributed by atoms with Gasteiger partial charge in [0.25, 0.3) is 0 Å². The van der Waals surface area contributed by atoms with Gasteiger partial charge in [-0.1, -0.05) is 35.3 Å². The summed E-state index contributed by atoms with van der Waals surface area (Å²) in [6, 6.07) is 12.8. The molecule has 0 aliphatic rings. The van der Waals surface area contributed by atoms with E-state index in [1.54, 1.807) is 25.5 Å². The molecule has 0 aliphatic heterocycles. The maximum atomic E-state index is 6.05. The average molecular weight is 280 g/mol. The van der Waals surface area contributed by atoms with Crippen molar-refractivity contribution in [2.75, 3.05) is 7.11 Å². The van der Waals surface area contributed by atoms with Crippen LogP contribution in [0.4, 0.5) is 5.69 Å². The van der Waals surface area contributed by atoms with Gasteiger partial charge < -0.3 is 4.74 Å². The molecule has 0 bridgehead atoms. The second-order valence-electron chi connectivity index (χ2n) is 3.63. The van der Waals surface area contributed by atoms with Gasteiger partial charge in [0.2, 0.25) is 0 Å². The van der Waals surface area contributed by atoms with Crippen LogP contribution in [-0.4, -0.2) is 13.3 Å². The summed E-state index contributed by atoms with van der Waals surface area (Å²) >= 11 is 11.9. The summed E-state index contributed by atoms with van der Waals surface area (Å²) < 4.78 is 5.13. The predicted octanol–water partition coefficient (Wildman–Crippen LogP) is 4.75. The van der Waals surface area contributed by atoms with E-state index in [-0.39, 0.29) is 0 Å². The minimum Gasteiger partial charge on any atom is -0.497 e. The molecule has 2 rings (SSSR count). The summed E-state index contributed by atoms with van der Waals surface area (Å²) in [7, 11) is 1.62. The number of hydrogen-bond acceptors (Lipinski definition) is 2. The summed E-state index contributed by atoms with van der Waals surface area (Å²) in [4.78, 5) is 4.34. The van der Waals surface area contributed by atoms with Crippen molar-refractivity contribution in [2.45, 2.75) is 0 Å². The molecule has 0 unspecified atom stereocenters. The van der Waals surface area contributed by atoms with E-state index < -0.39 is 0 Å². The van der Waals surface area contributed by atoms with E-state index in [0.717, 1.165) is 17.0 Å². The van der Waals surface area contributed by atoms with Crippen LogP contribution in [-0.2, 0) is 0 Å². The van der Waals surface area contributed by atoms with Crippen LogP contribution >= 0.6 is 23.2 Å². The Kier molecular flexibility index (Phi) is 4.24. The Labute approximate surface area is 116 Å². The monoisotopic (exact) mass is 279 g/mol. The van der Waals surface area contributed by atoms with Crippen LogP contribution in [0.1, 0.15) is 5.56 Å². The summed E-state index contributed by atoms with van der Waals surface area (Å²) in [5.41, 5.74) is 1.63. The van der Waals surface area contributed by atoms with Crippen LogP contribution in [0.2, 0.25) is 10.0 Å². The zero-order chi connectivity index (χ0) is 13.0. The van der Waals surface area contributed by atoms with Crippen molar-refractivity contribution in [3.05, 3.63) is 58.1 Å². The molecule has 0 saturated heterocycles. The zero-order valence-corrected chi connectivity index (χ0v) is 11.2. The van der Waals surface area contributed by atoms with E-state index in [1.807, 2.05) is 30.3 Å². The smallest absolute Gasteiger partial charge is 0.121 e. The Balaban J connectivity index is 2.24. The first kappa shape index (κ1) is 12.9. The van der Waals surface area contributed by atoms with Crippen molar-refractivity contribution in [3.8, 4) is 5.75 Å². The molecule has 92 valence electrons. The molecule has 0 aromatic heterocycles. The highest BCUT2D eigenvalue weighted by Gasteiger charge is 1.98. The summed E-state index contributed by atoms with van der Waals surface area (Å²) in [6.07, 6.45) is 1.70. The molecule has 0 saturated carbocycles. The van der Waals surface area contributed by atoms with Gasteiger partial charge in [-0.3, -0.25) is 4.99 Å². The van der Waals surface area contributed by atoms with E-state index >= 15 is 0 Å². The Morgan fingerprint density at radius 3 is 2.67 bits per heavy atom. The Morgan fingerprint density at radius 2 is 1.94 bits per heavy atom. The normalized spacial score (nSPS) is 10.8. The lowest BCUT2D eigenvalue weighted by atomic mass is 10.2. The molecule has 2 nitrogen and oxygen atoms in total. The van der Waals surface area contributed by atoms with Crippen LogP contribution in [0.3, 0.4) is 0 Å². The molecular weight excluding hydrogens is 269 g/mol. The largest absolute Gasteiger partial charge is 0.497 e. The molecule has 0 fully saturated rings. The lowest BCUT2D eigenvalue weighted by Gasteiger charge is -2.01. The molecule has 4 heteroatoms. The minimum atomic E-state index is 0.578. The van der Waals surface area contributed by atoms with Crippen LogP contribution in [0, 0.1) is 0 Å². The average Bonchev–Trinajstić information content (AvgIpc) is 2.38. The molecule has 0 spiro atoms. The second kappa shape index (κ2) is 5.89. The van der Waals surface area contributed by atoms with Crippen LogP contribution in [0.15, 0.2) is 47.5 Å². The van der Waals surface area contributed by atoms with Crippen molar-refractivity contribution < 1.29 is 4.74 Å². The van der Waals surface area contributed by atoms with E-state index in [2.05, 4.69) is 4.99 Å². The van der Waals surface area contributed by atoms with Gasteiger partial charge in [-0.2, -0.15) is 0 Å². The SMILES string of the molecule is COc1cccc(N=Cc2ccc(Cl)cc2Cl)c1. The summed E-state index contributed by atoms with van der Waals surface area (Å²) in [5.74, 6) is 0.770. The number of aliphatic imine (C=N–C) groups is 1. The predicted molar refractivity (Wildman–Crippen MR) is 76.7 cm³/mol. The van der Waals surface area contributed by atoms with Gasteiger partial charge in [-0.15, -0.1) is 0 Å². The minimum absolute atomic E-state index is 0.578. The maximum absolute atomic E-state index is 6.05. The van der Waals surface area contributed by atoms with E-state index in [0.29, 0.717) is 10.0 Å². The van der Waals surface area contributed by atoms with E-state index in [4.69, 9.17) is 27.9 Å². The van der Waals surface area contributed by atoms with Gasteiger partial charge in [-0.25, -0.2) is 0 Å². The third-order valence-electron chi connectivity index (χ3n) is 2.37. The van der Waals surface area contributed by atoms with E-state index in [1.165, 1.54) is 0 Å². The van der Waals surface area contributed by atoms with Gasteiger partial charge in [0.1, 0.15) is 5.75 Å². The second-order valence-corrected chi connectivity index (χ2v) is 4.47. The molecular formula is C14H11Cl2NO. The topological polar surface area (TPSA) is 21.6 Å². The van der Waals surface area contributed by atoms with Crippen LogP contribution < -0.4 is 4.74 Å². The molecule has 0 atom stereocenters. The third kappa shape index (κ3) is 3.25. The quantitative estimate of drug-likeness (QED) is 0.743. The van der Waals surface area contributed by atoms with Crippen molar-refractivity contribution in [1.29, 1.82) is 0 Å². The molecule has 0 N–H and O–H groups in total. The number of nitrogens with zero attached hydrogens (tertiary/aromatic N) is 1. The fourth-order valence-corrected chi connectivity index (χ4v) is 1.90. The fraction of sp³-hybridized carbons (Fsp3) is 0.0714. The molecule has 0 radical (unpaired) electrons. The van der Waals surface area contributed by atoms with Crippen molar-refractivity contribution in [1.82, 2.24) is 0 Å². The first-order valence-electron chi connectivity index (χ1n) is 5.32. The van der Waals surface area contributed by atoms with Gasteiger partial charge >= 0.3 is 0 Å². The van der Waals surface area contributed by atoms with Crippen molar-refractivity contribution >= 4 is 35.1 Å². The molecule has 0 aliphatic carbocycles. The maximum Gasteiger partial charge on any atom is 0.121 e. The van der Waals surface area contributed by atoms with Crippen LogP contribution in [0.5, 0.6) is 5.75 Å². The number of hydrogen-bond donors (Lipinski definition) is 0. The zero-order valence-electron chi connectivity index (χ0n) is 9.73. The van der Waals surface area contributed by atoms with Crippen molar-refractivity contribution in [3.63, 3.8) is 0 Å². The van der Waals surface area contributed by atoms with Gasteiger partial charge in [0, 0.05) is 22.9 Å². The van der Waals surface area contributed by atoms with Gasteiger partial charge in [0.15, 0.2) is 0 Å². The highest BCUT2D eigenvalue weighted by Crippen LogP contribution is 2.22. The van der Waals surface area contributed by atoms with Gasteiger partial charge in [-0.05, 0) is 24.3 Å². The van der Waals surface area contributed by atoms with Crippen LogP contribution in [0.25, 0.3) is 0 Å². The number of halogens is 2. The highest BCUT2D eigenvalue weighted by molar-refractivity contribution is 6.36. The fourth-order valence-electron chi connectivity index (χ4n) is 1.44. The summed E-state index contributed by atoms with van der Waals surface area (Å²) in [6.45, 7) is 0. The molecule has 0 heterocycles. The third-order valence-corrected chi connectivity index (χ3v) is 2.93. The Hall–Kier alpha value is -1.51. The number of methoxy groups -OCH3 is 1. The number of rotatable bonds is 3. The highest BCUT2D eigenvalue weighted by atomic mass is 35.5. The molecule has 0 amide bonds. The Bertz CT molecular complexity index is 582. The number of benzene rings is 2.